The number of hydrogen-bond acceptors (Lipinski definition) is 24. The van der Waals surface area contributed by atoms with Crippen LogP contribution in [0.5, 0.6) is 0 Å². The fourth-order valence-corrected chi connectivity index (χ4v) is 0. The average Bonchev–Trinajstić information content (AvgIpc) is 2.30. The van der Waals surface area contributed by atoms with Crippen LogP contribution in [-0.2, 0) is 47.9 Å². The molecule has 0 unspecified atom stereocenters. The van der Waals surface area contributed by atoms with Crippen LogP contribution in [0.2, 0.25) is 0 Å². The summed E-state index contributed by atoms with van der Waals surface area (Å²) in [6.45, 7) is 0. The van der Waals surface area contributed by atoms with Crippen LogP contribution in [0.25, 0.3) is 0 Å². The second-order valence-electron chi connectivity index (χ2n) is 1.79. The van der Waals surface area contributed by atoms with Gasteiger partial charge < -0.3 is 123 Å². The van der Waals surface area contributed by atoms with Gasteiger partial charge in [0.25, 0.3) is 0 Å². The minimum absolute atomic E-state index is 0. The van der Waals surface area contributed by atoms with Gasteiger partial charge in [0.2, 0.25) is 0 Å². The Bertz CT molecular complexity index is 367. The van der Waals surface area contributed by atoms with Gasteiger partial charge in [0.1, 0.15) is 0 Å². The van der Waals surface area contributed by atoms with Gasteiger partial charge in [-0.1, -0.05) is 0 Å². The third-order valence-electron chi connectivity index (χ3n) is 0. The second-order valence-corrected chi connectivity index (χ2v) is 1.79. The molecular formula is N8O24TiZr. The van der Waals surface area contributed by atoms with Crippen LogP contribution in [0.1, 0.15) is 0 Å². The molecule has 0 saturated heterocycles. The van der Waals surface area contributed by atoms with E-state index in [9.17, 15) is 0 Å². The minimum atomic E-state index is -1.75. The first kappa shape index (κ1) is 63.0. The largest absolute Gasteiger partial charge is 4.00 e. The van der Waals surface area contributed by atoms with E-state index in [1.807, 2.05) is 0 Å². The molecule has 0 aromatic heterocycles. The van der Waals surface area contributed by atoms with Crippen molar-refractivity contribution < 1.29 is 88.6 Å². The Morgan fingerprint density at radius 2 is 0.235 bits per heavy atom. The molecule has 0 aliphatic carbocycles. The van der Waals surface area contributed by atoms with Crippen LogP contribution >= 0.6 is 0 Å². The molecule has 0 aliphatic heterocycles. The minimum Gasteiger partial charge on any atom is -0.356 e. The Hall–Kier alpha value is -4.80. The predicted octanol–water partition coefficient (Wildman–Crippen LogP) is -1.92. The third kappa shape index (κ3) is 809. The van der Waals surface area contributed by atoms with Gasteiger partial charge in [0.15, 0.2) is 0 Å². The van der Waals surface area contributed by atoms with E-state index in [1.165, 1.54) is 0 Å². The van der Waals surface area contributed by atoms with E-state index in [2.05, 4.69) is 0 Å². The standard InChI is InChI=1S/8NO3.Ti.Zr/c8*2-1(3)4;;/q8*-1;2*+4. The Morgan fingerprint density at radius 3 is 0.235 bits per heavy atom. The summed E-state index contributed by atoms with van der Waals surface area (Å²) in [4.78, 5) is 66.0. The van der Waals surface area contributed by atoms with Crippen molar-refractivity contribution >= 4 is 0 Å². The van der Waals surface area contributed by atoms with E-state index in [4.69, 9.17) is 123 Å². The molecule has 0 fully saturated rings. The predicted molar refractivity (Wildman–Crippen MR) is 82.9 cm³/mol. The Morgan fingerprint density at radius 1 is 0.235 bits per heavy atom. The zero-order valence-corrected chi connectivity index (χ0v) is 18.4. The number of rotatable bonds is 0. The van der Waals surface area contributed by atoms with Gasteiger partial charge in [0.05, 0.1) is 40.7 Å². The van der Waals surface area contributed by atoms with Crippen LogP contribution in [0, 0.1) is 123 Å². The maximum atomic E-state index is 8.25. The van der Waals surface area contributed by atoms with Crippen LogP contribution in [0.3, 0.4) is 0 Å². The molecule has 0 atom stereocenters. The molecule has 0 aliphatic rings. The molecule has 0 amide bonds. The quantitative estimate of drug-likeness (QED) is 0.159. The van der Waals surface area contributed by atoms with Crippen molar-refractivity contribution in [3.63, 3.8) is 0 Å². The Labute approximate surface area is 211 Å². The Balaban J connectivity index is -0.0000000240. The van der Waals surface area contributed by atoms with E-state index in [0.717, 1.165) is 0 Å². The first-order valence-corrected chi connectivity index (χ1v) is 4.38. The molecule has 0 N–H and O–H groups in total. The van der Waals surface area contributed by atoms with Crippen LogP contribution in [-0.4, -0.2) is 40.7 Å². The van der Waals surface area contributed by atoms with E-state index in [0.29, 0.717) is 0 Å². The summed E-state index contributed by atoms with van der Waals surface area (Å²) in [5.74, 6) is 0. The van der Waals surface area contributed by atoms with Gasteiger partial charge in [0, 0.05) is 0 Å². The summed E-state index contributed by atoms with van der Waals surface area (Å²) in [6.07, 6.45) is 0. The molecule has 192 valence electrons. The summed E-state index contributed by atoms with van der Waals surface area (Å²) in [5.41, 5.74) is 0. The van der Waals surface area contributed by atoms with Gasteiger partial charge in [-0.25, -0.2) is 0 Å². The second kappa shape index (κ2) is 56.6. The zero-order chi connectivity index (χ0) is 28.6. The topological polar surface area (TPSA) is 530 Å². The maximum Gasteiger partial charge on any atom is 4.00 e. The van der Waals surface area contributed by atoms with E-state index in [-0.39, 0.29) is 47.9 Å². The number of nitrogens with zero attached hydrogens (tertiary/aromatic N) is 8. The summed E-state index contributed by atoms with van der Waals surface area (Å²) < 4.78 is 0. The van der Waals surface area contributed by atoms with Gasteiger partial charge in [-0.15, -0.1) is 0 Å². The van der Waals surface area contributed by atoms with Crippen molar-refractivity contribution in [2.24, 2.45) is 0 Å². The fourth-order valence-electron chi connectivity index (χ4n) is 0. The molecule has 34 heteroatoms. The van der Waals surface area contributed by atoms with Crippen molar-refractivity contribution in [1.82, 2.24) is 0 Å². The first-order chi connectivity index (χ1) is 13.9. The van der Waals surface area contributed by atoms with E-state index >= 15 is 0 Å². The monoisotopic (exact) mass is 634 g/mol. The molecule has 0 aromatic carbocycles. The van der Waals surface area contributed by atoms with Gasteiger partial charge in [-0.2, -0.15) is 0 Å². The van der Waals surface area contributed by atoms with Crippen molar-refractivity contribution in [3.05, 3.63) is 123 Å². The third-order valence-corrected chi connectivity index (χ3v) is 0. The maximum absolute atomic E-state index is 8.25. The average molecular weight is 635 g/mol. The van der Waals surface area contributed by atoms with E-state index < -0.39 is 40.7 Å². The van der Waals surface area contributed by atoms with E-state index in [1.54, 1.807) is 0 Å². The summed E-state index contributed by atoms with van der Waals surface area (Å²) >= 11 is 0. The van der Waals surface area contributed by atoms with Gasteiger partial charge in [-0.3, -0.25) is 0 Å². The molecule has 0 rings (SSSR count). The van der Waals surface area contributed by atoms with Gasteiger partial charge in [-0.05, 0) is 0 Å². The van der Waals surface area contributed by atoms with Crippen molar-refractivity contribution in [2.45, 2.75) is 0 Å². The fraction of sp³-hybridized carbons (Fsp3) is 0. The SMILES string of the molecule is O=[N+]([O-])[O-].O=[N+]([O-])[O-].O=[N+]([O-])[O-].O=[N+]([O-])[O-].O=[N+]([O-])[O-].O=[N+]([O-])[O-].O=[N+]([O-])[O-].O=[N+]([O-])[O-].[Ti+4].[Zr+4]. The molecule has 0 heterocycles. The van der Waals surface area contributed by atoms with Crippen molar-refractivity contribution in [1.29, 1.82) is 0 Å². The molecule has 0 aromatic rings. The molecule has 0 spiro atoms. The zero-order valence-electron chi connectivity index (χ0n) is 14.4. The van der Waals surface area contributed by atoms with Crippen LogP contribution in [0.15, 0.2) is 0 Å². The van der Waals surface area contributed by atoms with Crippen molar-refractivity contribution in [2.75, 3.05) is 0 Å². The normalized spacial score (nSPS) is 5.65. The molecular weight excluding hydrogens is 635 g/mol. The summed E-state index contributed by atoms with van der Waals surface area (Å²) in [5, 5.41) is 118. The van der Waals surface area contributed by atoms with Crippen LogP contribution in [0.4, 0.5) is 0 Å². The molecule has 32 nitrogen and oxygen atoms in total. The molecule has 34 heavy (non-hydrogen) atoms. The molecule has 0 bridgehead atoms. The van der Waals surface area contributed by atoms with Crippen LogP contribution < -0.4 is 0 Å². The molecule has 0 radical (unpaired) electrons. The Kier molecular flexibility index (Phi) is 105. The van der Waals surface area contributed by atoms with Gasteiger partial charge >= 0.3 is 47.9 Å². The smallest absolute Gasteiger partial charge is 0.356 e. The number of hydrogen-bond donors (Lipinski definition) is 0. The summed E-state index contributed by atoms with van der Waals surface area (Å²) in [7, 11) is 0. The summed E-state index contributed by atoms with van der Waals surface area (Å²) in [6, 6.07) is 0. The van der Waals surface area contributed by atoms with Crippen molar-refractivity contribution in [3.8, 4) is 0 Å². The first-order valence-electron chi connectivity index (χ1n) is 4.38. The molecule has 0 saturated carbocycles.